The highest BCUT2D eigenvalue weighted by molar-refractivity contribution is 6.31. The van der Waals surface area contributed by atoms with Gasteiger partial charge in [-0.25, -0.2) is 0 Å². The Morgan fingerprint density at radius 2 is 1.92 bits per heavy atom. The van der Waals surface area contributed by atoms with Crippen LogP contribution in [0.3, 0.4) is 0 Å². The fourth-order valence-electron chi connectivity index (χ4n) is 0.774. The molecule has 0 N–H and O–H groups in total. The van der Waals surface area contributed by atoms with Crippen LogP contribution >= 0.6 is 11.6 Å². The molecule has 0 atom stereocenters. The van der Waals surface area contributed by atoms with E-state index in [0.717, 1.165) is 5.56 Å². The largest absolute Gasteiger partial charge is 0.192 e. The van der Waals surface area contributed by atoms with E-state index in [4.69, 9.17) is 16.9 Å². The maximum Gasteiger partial charge on any atom is 0.101 e. The highest BCUT2D eigenvalue weighted by Gasteiger charge is 1.99. The second-order valence-corrected chi connectivity index (χ2v) is 2.45. The lowest BCUT2D eigenvalue weighted by atomic mass is 10.1. The molecule has 0 radical (unpaired) electrons. The molecule has 0 unspecified atom stereocenters. The van der Waals surface area contributed by atoms with Crippen LogP contribution in [0, 0.1) is 18.3 Å². The lowest BCUT2D eigenvalue weighted by Gasteiger charge is -1.96. The molecule has 1 aromatic carbocycles. The zero-order valence-corrected chi connectivity index (χ0v) is 6.31. The van der Waals surface area contributed by atoms with Gasteiger partial charge in [0.2, 0.25) is 0 Å². The van der Waals surface area contributed by atoms with Crippen molar-refractivity contribution in [1.82, 2.24) is 0 Å². The minimum Gasteiger partial charge on any atom is -0.192 e. The number of hydrogen-bond acceptors (Lipinski definition) is 1. The summed E-state index contributed by atoms with van der Waals surface area (Å²) in [6, 6.07) is 7.44. The van der Waals surface area contributed by atoms with Crippen LogP contribution in [-0.2, 0) is 0 Å². The van der Waals surface area contributed by atoms with E-state index in [1.165, 1.54) is 0 Å². The van der Waals surface area contributed by atoms with Crippen LogP contribution in [0.25, 0.3) is 0 Å². The smallest absolute Gasteiger partial charge is 0.101 e. The third kappa shape index (κ3) is 2.56. The van der Waals surface area contributed by atoms with Crippen LogP contribution in [0.5, 0.6) is 0 Å². The average Bonchev–Trinajstić information content (AvgIpc) is 1.88. The molecule has 66 valence electrons. The average molecular weight is 184 g/mol. The van der Waals surface area contributed by atoms with Crippen molar-refractivity contribution in [3.63, 3.8) is 0 Å². The van der Waals surface area contributed by atoms with E-state index in [9.17, 15) is 0 Å². The topological polar surface area (TPSA) is 23.8 Å². The van der Waals surface area contributed by atoms with Gasteiger partial charge in [0.15, 0.2) is 0 Å². The number of nitriles is 1. The predicted molar refractivity (Wildman–Crippen MR) is 54.4 cm³/mol. The fraction of sp³-hybridized carbons (Fsp3) is 0.300. The number of aryl methyl sites for hydroxylation is 1. The van der Waals surface area contributed by atoms with Crippen molar-refractivity contribution in [2.45, 2.75) is 21.8 Å². The molecule has 1 nitrogen and oxygen atoms in total. The number of rotatable bonds is 0. The van der Waals surface area contributed by atoms with Crippen LogP contribution in [0.2, 0.25) is 5.02 Å². The van der Waals surface area contributed by atoms with E-state index in [-0.39, 0.29) is 14.9 Å². The molecule has 1 rings (SSSR count). The number of hydrogen-bond donors (Lipinski definition) is 0. The van der Waals surface area contributed by atoms with Crippen LogP contribution in [0.1, 0.15) is 26.0 Å². The SMILES string of the molecule is C.C.Cc1cccc(Cl)c1C#N. The van der Waals surface area contributed by atoms with E-state index >= 15 is 0 Å². The Labute approximate surface area is 79.6 Å². The summed E-state index contributed by atoms with van der Waals surface area (Å²) in [5.41, 5.74) is 1.50. The molecule has 0 heterocycles. The van der Waals surface area contributed by atoms with Crippen LogP contribution < -0.4 is 0 Å². The van der Waals surface area contributed by atoms with Crippen molar-refractivity contribution < 1.29 is 0 Å². The second-order valence-electron chi connectivity index (χ2n) is 2.04. The quantitative estimate of drug-likeness (QED) is 0.601. The van der Waals surface area contributed by atoms with Crippen molar-refractivity contribution in [2.75, 3.05) is 0 Å². The highest BCUT2D eigenvalue weighted by atomic mass is 35.5. The third-order valence-corrected chi connectivity index (χ3v) is 1.65. The van der Waals surface area contributed by atoms with Crippen molar-refractivity contribution in [3.05, 3.63) is 34.3 Å². The molecule has 12 heavy (non-hydrogen) atoms. The van der Waals surface area contributed by atoms with Crippen molar-refractivity contribution >= 4 is 11.6 Å². The molecule has 0 saturated carbocycles. The molecule has 0 aliphatic heterocycles. The molecule has 0 aliphatic rings. The van der Waals surface area contributed by atoms with Gasteiger partial charge in [0, 0.05) is 0 Å². The Bertz CT molecular complexity index is 266. The Morgan fingerprint density at radius 1 is 1.33 bits per heavy atom. The number of nitrogens with zero attached hydrogens (tertiary/aromatic N) is 1. The van der Waals surface area contributed by atoms with Gasteiger partial charge in [0.05, 0.1) is 10.6 Å². The molecule has 0 spiro atoms. The highest BCUT2D eigenvalue weighted by Crippen LogP contribution is 2.17. The Hall–Kier alpha value is -1.00. The van der Waals surface area contributed by atoms with Gasteiger partial charge in [0.1, 0.15) is 6.07 Å². The molecule has 0 aromatic heterocycles. The first-order valence-electron chi connectivity index (χ1n) is 2.91. The lowest BCUT2D eigenvalue weighted by Crippen LogP contribution is -1.81. The van der Waals surface area contributed by atoms with Gasteiger partial charge in [-0.3, -0.25) is 0 Å². The zero-order valence-electron chi connectivity index (χ0n) is 5.56. The monoisotopic (exact) mass is 183 g/mol. The molecule has 0 bridgehead atoms. The number of benzene rings is 1. The van der Waals surface area contributed by atoms with Gasteiger partial charge in [-0.05, 0) is 18.6 Å². The van der Waals surface area contributed by atoms with E-state index in [1.807, 2.05) is 25.1 Å². The maximum atomic E-state index is 8.56. The van der Waals surface area contributed by atoms with Crippen LogP contribution in [0.4, 0.5) is 0 Å². The molecular weight excluding hydrogens is 170 g/mol. The summed E-state index contributed by atoms with van der Waals surface area (Å²) in [5.74, 6) is 0. The maximum absolute atomic E-state index is 8.56. The summed E-state index contributed by atoms with van der Waals surface area (Å²) in [4.78, 5) is 0. The van der Waals surface area contributed by atoms with E-state index in [2.05, 4.69) is 0 Å². The molecule has 0 fully saturated rings. The summed E-state index contributed by atoms with van der Waals surface area (Å²) < 4.78 is 0. The molecular formula is C10H14ClN. The van der Waals surface area contributed by atoms with Crippen LogP contribution in [-0.4, -0.2) is 0 Å². The van der Waals surface area contributed by atoms with Crippen molar-refractivity contribution in [3.8, 4) is 6.07 Å². The van der Waals surface area contributed by atoms with Crippen molar-refractivity contribution in [2.24, 2.45) is 0 Å². The van der Waals surface area contributed by atoms with Gasteiger partial charge < -0.3 is 0 Å². The summed E-state index contributed by atoms with van der Waals surface area (Å²) in [5, 5.41) is 9.09. The first-order chi connectivity index (χ1) is 4.75. The summed E-state index contributed by atoms with van der Waals surface area (Å²) in [6.07, 6.45) is 0. The number of halogens is 1. The van der Waals surface area contributed by atoms with Gasteiger partial charge in [-0.1, -0.05) is 38.6 Å². The van der Waals surface area contributed by atoms with Gasteiger partial charge in [0.25, 0.3) is 0 Å². The molecule has 0 aliphatic carbocycles. The fourth-order valence-corrected chi connectivity index (χ4v) is 1.04. The molecule has 1 aromatic rings. The second kappa shape index (κ2) is 5.62. The van der Waals surface area contributed by atoms with E-state index in [1.54, 1.807) is 6.07 Å². The standard InChI is InChI=1S/C8H6ClN.2CH4/c1-6-3-2-4-8(9)7(6)5-10;;/h2-4H,1H3;2*1H4. The first kappa shape index (κ1) is 13.6. The molecule has 0 amide bonds. The van der Waals surface area contributed by atoms with Gasteiger partial charge in [-0.2, -0.15) is 5.26 Å². The summed E-state index contributed by atoms with van der Waals surface area (Å²) >= 11 is 5.71. The van der Waals surface area contributed by atoms with Gasteiger partial charge >= 0.3 is 0 Å². The Morgan fingerprint density at radius 3 is 2.25 bits per heavy atom. The van der Waals surface area contributed by atoms with E-state index < -0.39 is 0 Å². The van der Waals surface area contributed by atoms with Crippen molar-refractivity contribution in [1.29, 1.82) is 5.26 Å². The third-order valence-electron chi connectivity index (χ3n) is 1.33. The summed E-state index contributed by atoms with van der Waals surface area (Å²) in [7, 11) is 0. The minimum atomic E-state index is 0. The summed E-state index contributed by atoms with van der Waals surface area (Å²) in [6.45, 7) is 1.87. The van der Waals surface area contributed by atoms with Crippen LogP contribution in [0.15, 0.2) is 18.2 Å². The Kier molecular flexibility index (Phi) is 6.37. The molecule has 2 heteroatoms. The molecule has 0 saturated heterocycles. The van der Waals surface area contributed by atoms with E-state index in [0.29, 0.717) is 10.6 Å². The lowest BCUT2D eigenvalue weighted by molar-refractivity contribution is 1.39. The zero-order chi connectivity index (χ0) is 7.56. The Balaban J connectivity index is 0. The van der Waals surface area contributed by atoms with Gasteiger partial charge in [-0.15, -0.1) is 0 Å². The normalized spacial score (nSPS) is 7.42. The minimum absolute atomic E-state index is 0. The predicted octanol–water partition coefficient (Wildman–Crippen LogP) is 3.79. The first-order valence-corrected chi connectivity index (χ1v) is 3.28.